The second-order valence-electron chi connectivity index (χ2n) is 5.19. The second-order valence-corrected chi connectivity index (χ2v) is 5.19. The second kappa shape index (κ2) is 6.48. The highest BCUT2D eigenvalue weighted by Crippen LogP contribution is 2.24. The van der Waals surface area contributed by atoms with Gasteiger partial charge in [0, 0.05) is 23.8 Å². The summed E-state index contributed by atoms with van der Waals surface area (Å²) in [6.45, 7) is 7.56. The summed E-state index contributed by atoms with van der Waals surface area (Å²) in [6, 6.07) is 9.04. The van der Waals surface area contributed by atoms with Crippen molar-refractivity contribution in [2.45, 2.75) is 33.2 Å². The Kier molecular flexibility index (Phi) is 4.69. The maximum Gasteiger partial charge on any atom is 0.0346 e. The Balaban J connectivity index is 2.17. The summed E-state index contributed by atoms with van der Waals surface area (Å²) in [7, 11) is 0. The summed E-state index contributed by atoms with van der Waals surface area (Å²) in [5.41, 5.74) is 2.65. The molecule has 0 saturated heterocycles. The van der Waals surface area contributed by atoms with Crippen molar-refractivity contribution in [3.8, 4) is 0 Å². The van der Waals surface area contributed by atoms with Crippen molar-refractivity contribution in [2.24, 2.45) is 0 Å². The number of pyridine rings is 1. The topological polar surface area (TPSA) is 24.9 Å². The minimum atomic E-state index is 0.553. The Morgan fingerprint density at radius 1 is 1.32 bits per heavy atom. The SMILES string of the molecule is CC(=CCCNC(C)C)c1cccc2cnccc12. The number of rotatable bonds is 5. The molecule has 1 heterocycles. The zero-order valence-electron chi connectivity index (χ0n) is 12.0. The Bertz CT molecular complexity index is 565. The zero-order valence-corrected chi connectivity index (χ0v) is 12.0. The van der Waals surface area contributed by atoms with Gasteiger partial charge in [-0.05, 0) is 42.5 Å². The maximum absolute atomic E-state index is 4.18. The van der Waals surface area contributed by atoms with Crippen LogP contribution in [-0.4, -0.2) is 17.6 Å². The summed E-state index contributed by atoms with van der Waals surface area (Å²) < 4.78 is 0. The number of nitrogens with one attached hydrogen (secondary N) is 1. The van der Waals surface area contributed by atoms with Crippen molar-refractivity contribution in [3.63, 3.8) is 0 Å². The van der Waals surface area contributed by atoms with Crippen molar-refractivity contribution < 1.29 is 0 Å². The molecule has 0 saturated carbocycles. The number of hydrogen-bond donors (Lipinski definition) is 1. The number of fused-ring (bicyclic) bond motifs is 1. The van der Waals surface area contributed by atoms with Crippen LogP contribution in [0.15, 0.2) is 42.7 Å². The molecule has 1 aromatic carbocycles. The first kappa shape index (κ1) is 13.8. The molecule has 0 unspecified atom stereocenters. The third-order valence-corrected chi connectivity index (χ3v) is 3.25. The van der Waals surface area contributed by atoms with Gasteiger partial charge in [-0.25, -0.2) is 0 Å². The summed E-state index contributed by atoms with van der Waals surface area (Å²) in [5, 5.41) is 5.92. The van der Waals surface area contributed by atoms with Crippen LogP contribution in [0.3, 0.4) is 0 Å². The van der Waals surface area contributed by atoms with Gasteiger partial charge in [-0.2, -0.15) is 0 Å². The molecule has 0 aliphatic rings. The van der Waals surface area contributed by atoms with Gasteiger partial charge in [-0.3, -0.25) is 4.98 Å². The fraction of sp³-hybridized carbons (Fsp3) is 0.353. The highest BCUT2D eigenvalue weighted by atomic mass is 14.9. The molecule has 0 aliphatic carbocycles. The molecule has 1 aromatic heterocycles. The Labute approximate surface area is 115 Å². The van der Waals surface area contributed by atoms with Crippen LogP contribution in [-0.2, 0) is 0 Å². The minimum absolute atomic E-state index is 0.553. The van der Waals surface area contributed by atoms with Crippen LogP contribution < -0.4 is 5.32 Å². The molecule has 0 atom stereocenters. The lowest BCUT2D eigenvalue weighted by Crippen LogP contribution is -2.23. The van der Waals surface area contributed by atoms with Crippen LogP contribution in [0.4, 0.5) is 0 Å². The van der Waals surface area contributed by atoms with Crippen LogP contribution in [0.25, 0.3) is 16.3 Å². The van der Waals surface area contributed by atoms with Gasteiger partial charge < -0.3 is 5.32 Å². The van der Waals surface area contributed by atoms with E-state index in [0.29, 0.717) is 6.04 Å². The van der Waals surface area contributed by atoms with Crippen LogP contribution in [0.5, 0.6) is 0 Å². The molecular formula is C17H22N2. The largest absolute Gasteiger partial charge is 0.314 e. The number of benzene rings is 1. The molecule has 0 aliphatic heterocycles. The first-order valence-electron chi connectivity index (χ1n) is 6.91. The molecule has 0 bridgehead atoms. The molecular weight excluding hydrogens is 232 g/mol. The summed E-state index contributed by atoms with van der Waals surface area (Å²) in [4.78, 5) is 4.18. The highest BCUT2D eigenvalue weighted by Gasteiger charge is 2.02. The monoisotopic (exact) mass is 254 g/mol. The predicted molar refractivity (Wildman–Crippen MR) is 83.1 cm³/mol. The number of aromatic nitrogens is 1. The molecule has 19 heavy (non-hydrogen) atoms. The van der Waals surface area contributed by atoms with Gasteiger partial charge in [0.15, 0.2) is 0 Å². The Hall–Kier alpha value is -1.67. The molecule has 0 spiro atoms. The maximum atomic E-state index is 4.18. The quantitative estimate of drug-likeness (QED) is 0.815. The Morgan fingerprint density at radius 2 is 2.16 bits per heavy atom. The number of nitrogens with zero attached hydrogens (tertiary/aromatic N) is 1. The molecule has 2 nitrogen and oxygen atoms in total. The molecule has 2 heteroatoms. The number of hydrogen-bond acceptors (Lipinski definition) is 2. The summed E-state index contributed by atoms with van der Waals surface area (Å²) >= 11 is 0. The molecule has 0 amide bonds. The summed E-state index contributed by atoms with van der Waals surface area (Å²) in [5.74, 6) is 0. The van der Waals surface area contributed by atoms with E-state index in [1.165, 1.54) is 21.9 Å². The van der Waals surface area contributed by atoms with Crippen LogP contribution >= 0.6 is 0 Å². The first-order chi connectivity index (χ1) is 9.18. The minimum Gasteiger partial charge on any atom is -0.314 e. The molecule has 0 radical (unpaired) electrons. The zero-order chi connectivity index (χ0) is 13.7. The third kappa shape index (κ3) is 3.65. The summed E-state index contributed by atoms with van der Waals surface area (Å²) in [6.07, 6.45) is 7.15. The number of allylic oxidation sites excluding steroid dienone is 1. The molecule has 100 valence electrons. The van der Waals surface area contributed by atoms with Crippen molar-refractivity contribution >= 4 is 16.3 Å². The van der Waals surface area contributed by atoms with Crippen molar-refractivity contribution in [1.82, 2.24) is 10.3 Å². The van der Waals surface area contributed by atoms with Gasteiger partial charge in [0.05, 0.1) is 0 Å². The Morgan fingerprint density at radius 3 is 2.95 bits per heavy atom. The normalized spacial score (nSPS) is 12.3. The van der Waals surface area contributed by atoms with E-state index in [1.54, 1.807) is 0 Å². The highest BCUT2D eigenvalue weighted by molar-refractivity contribution is 5.92. The van der Waals surface area contributed by atoms with E-state index in [0.717, 1.165) is 13.0 Å². The smallest absolute Gasteiger partial charge is 0.0346 e. The fourth-order valence-electron chi connectivity index (χ4n) is 2.24. The van der Waals surface area contributed by atoms with Gasteiger partial charge >= 0.3 is 0 Å². The van der Waals surface area contributed by atoms with Crippen molar-refractivity contribution in [2.75, 3.05) is 6.54 Å². The van der Waals surface area contributed by atoms with Gasteiger partial charge in [-0.1, -0.05) is 38.1 Å². The molecule has 2 rings (SSSR count). The van der Waals surface area contributed by atoms with E-state index in [1.807, 2.05) is 12.4 Å². The fourth-order valence-corrected chi connectivity index (χ4v) is 2.24. The lowest BCUT2D eigenvalue weighted by atomic mass is 10.00. The average molecular weight is 254 g/mol. The van der Waals surface area contributed by atoms with E-state index < -0.39 is 0 Å². The van der Waals surface area contributed by atoms with E-state index >= 15 is 0 Å². The average Bonchev–Trinajstić information content (AvgIpc) is 2.42. The third-order valence-electron chi connectivity index (χ3n) is 3.25. The standard InChI is InChI=1S/C17H22N2/c1-13(2)19-10-5-6-14(3)16-8-4-7-15-12-18-11-9-17(15)16/h4,6-9,11-13,19H,5,10H2,1-3H3. The van der Waals surface area contributed by atoms with E-state index in [2.05, 4.69) is 61.4 Å². The van der Waals surface area contributed by atoms with Gasteiger partial charge in [0.2, 0.25) is 0 Å². The molecule has 2 aromatic rings. The van der Waals surface area contributed by atoms with Crippen LogP contribution in [0.2, 0.25) is 0 Å². The van der Waals surface area contributed by atoms with E-state index in [9.17, 15) is 0 Å². The molecule has 0 fully saturated rings. The van der Waals surface area contributed by atoms with Crippen molar-refractivity contribution in [3.05, 3.63) is 48.3 Å². The lowest BCUT2D eigenvalue weighted by Gasteiger charge is -2.08. The lowest BCUT2D eigenvalue weighted by molar-refractivity contribution is 0.595. The predicted octanol–water partition coefficient (Wildman–Crippen LogP) is 4.03. The molecule has 1 N–H and O–H groups in total. The van der Waals surface area contributed by atoms with Gasteiger partial charge in [0.25, 0.3) is 0 Å². The van der Waals surface area contributed by atoms with Crippen LogP contribution in [0.1, 0.15) is 32.8 Å². The first-order valence-corrected chi connectivity index (χ1v) is 6.91. The van der Waals surface area contributed by atoms with Gasteiger partial charge in [0.1, 0.15) is 0 Å². The van der Waals surface area contributed by atoms with E-state index in [4.69, 9.17) is 0 Å². The van der Waals surface area contributed by atoms with Crippen molar-refractivity contribution in [1.29, 1.82) is 0 Å². The van der Waals surface area contributed by atoms with Gasteiger partial charge in [-0.15, -0.1) is 0 Å². The van der Waals surface area contributed by atoms with Crippen LogP contribution in [0, 0.1) is 0 Å². The van der Waals surface area contributed by atoms with E-state index in [-0.39, 0.29) is 0 Å².